The van der Waals surface area contributed by atoms with E-state index in [0.29, 0.717) is 30.0 Å². The third-order valence-corrected chi connectivity index (χ3v) is 3.55. The second-order valence-electron chi connectivity index (χ2n) is 5.36. The first kappa shape index (κ1) is 11.4. The molecule has 0 bridgehead atoms. The van der Waals surface area contributed by atoms with Crippen molar-refractivity contribution in [1.29, 1.82) is 0 Å². The average Bonchev–Trinajstić information content (AvgIpc) is 2.96. The molecule has 1 aliphatic rings. The molecular weight excluding hydrogens is 196 g/mol. The van der Waals surface area contributed by atoms with Gasteiger partial charge in [-0.15, -0.1) is 0 Å². The molecule has 1 nitrogen and oxygen atoms in total. The van der Waals surface area contributed by atoms with E-state index in [2.05, 4.69) is 45.0 Å². The van der Waals surface area contributed by atoms with Crippen LogP contribution in [0.2, 0.25) is 0 Å². The largest absolute Gasteiger partial charge is 0.299 e. The molecule has 2 rings (SSSR count). The Hall–Kier alpha value is -1.11. The lowest BCUT2D eigenvalue weighted by Gasteiger charge is -2.06. The third-order valence-electron chi connectivity index (χ3n) is 3.55. The van der Waals surface area contributed by atoms with E-state index >= 15 is 0 Å². The van der Waals surface area contributed by atoms with Gasteiger partial charge in [0.15, 0.2) is 0 Å². The van der Waals surface area contributed by atoms with Crippen LogP contribution in [0.3, 0.4) is 0 Å². The van der Waals surface area contributed by atoms with Crippen molar-refractivity contribution in [1.82, 2.24) is 0 Å². The van der Waals surface area contributed by atoms with Gasteiger partial charge in [0.1, 0.15) is 5.78 Å². The molecule has 2 unspecified atom stereocenters. The Kier molecular flexibility index (Phi) is 3.13. The zero-order chi connectivity index (χ0) is 11.7. The molecule has 1 aromatic carbocycles. The van der Waals surface area contributed by atoms with Crippen molar-refractivity contribution in [2.75, 3.05) is 0 Å². The van der Waals surface area contributed by atoms with Gasteiger partial charge in [-0.05, 0) is 29.4 Å². The summed E-state index contributed by atoms with van der Waals surface area (Å²) in [7, 11) is 0. The van der Waals surface area contributed by atoms with Gasteiger partial charge in [-0.1, -0.05) is 45.0 Å². The van der Waals surface area contributed by atoms with E-state index in [0.717, 1.165) is 12.0 Å². The quantitative estimate of drug-likeness (QED) is 0.752. The Morgan fingerprint density at radius 1 is 1.31 bits per heavy atom. The van der Waals surface area contributed by atoms with Gasteiger partial charge in [0.25, 0.3) is 0 Å². The van der Waals surface area contributed by atoms with Gasteiger partial charge in [-0.25, -0.2) is 0 Å². The molecule has 0 radical (unpaired) electrons. The first-order chi connectivity index (χ1) is 7.58. The van der Waals surface area contributed by atoms with Gasteiger partial charge < -0.3 is 0 Å². The van der Waals surface area contributed by atoms with Gasteiger partial charge in [0.2, 0.25) is 0 Å². The highest BCUT2D eigenvalue weighted by molar-refractivity contribution is 5.85. The SMILES string of the molecule is CC(C)c1ccc(CC(=O)C2CC2C)cc1. The minimum absolute atomic E-state index is 0.352. The maximum absolute atomic E-state index is 11.8. The number of hydrogen-bond donors (Lipinski definition) is 0. The normalized spacial score (nSPS) is 23.5. The molecular formula is C15H20O. The van der Waals surface area contributed by atoms with Crippen LogP contribution in [-0.4, -0.2) is 5.78 Å². The predicted octanol–water partition coefficient (Wildman–Crippen LogP) is 3.58. The van der Waals surface area contributed by atoms with Crippen molar-refractivity contribution >= 4 is 5.78 Å². The molecule has 0 aromatic heterocycles. The highest BCUT2D eigenvalue weighted by atomic mass is 16.1. The fraction of sp³-hybridized carbons (Fsp3) is 0.533. The van der Waals surface area contributed by atoms with Crippen molar-refractivity contribution in [3.63, 3.8) is 0 Å². The van der Waals surface area contributed by atoms with Crippen molar-refractivity contribution < 1.29 is 4.79 Å². The second-order valence-corrected chi connectivity index (χ2v) is 5.36. The lowest BCUT2D eigenvalue weighted by Crippen LogP contribution is -2.06. The molecule has 0 N–H and O–H groups in total. The summed E-state index contributed by atoms with van der Waals surface area (Å²) in [5, 5.41) is 0. The summed E-state index contributed by atoms with van der Waals surface area (Å²) >= 11 is 0. The van der Waals surface area contributed by atoms with E-state index < -0.39 is 0 Å². The fourth-order valence-electron chi connectivity index (χ4n) is 2.12. The van der Waals surface area contributed by atoms with E-state index in [-0.39, 0.29) is 0 Å². The molecule has 1 fully saturated rings. The Morgan fingerprint density at radius 3 is 2.31 bits per heavy atom. The number of hydrogen-bond acceptors (Lipinski definition) is 1. The molecule has 0 aliphatic heterocycles. The Labute approximate surface area is 97.9 Å². The smallest absolute Gasteiger partial charge is 0.140 e. The molecule has 0 spiro atoms. The zero-order valence-electron chi connectivity index (χ0n) is 10.4. The van der Waals surface area contributed by atoms with Crippen molar-refractivity contribution in [3.8, 4) is 0 Å². The summed E-state index contributed by atoms with van der Waals surface area (Å²) in [5.74, 6) is 1.96. The number of rotatable bonds is 4. The highest BCUT2D eigenvalue weighted by Crippen LogP contribution is 2.39. The van der Waals surface area contributed by atoms with Gasteiger partial charge in [0.05, 0.1) is 0 Å². The van der Waals surface area contributed by atoms with Crippen molar-refractivity contribution in [3.05, 3.63) is 35.4 Å². The zero-order valence-corrected chi connectivity index (χ0v) is 10.4. The molecule has 1 heteroatoms. The van der Waals surface area contributed by atoms with Gasteiger partial charge in [-0.3, -0.25) is 4.79 Å². The van der Waals surface area contributed by atoms with Crippen LogP contribution in [0.15, 0.2) is 24.3 Å². The second kappa shape index (κ2) is 4.40. The fourth-order valence-corrected chi connectivity index (χ4v) is 2.12. The molecule has 1 aromatic rings. The Balaban J connectivity index is 1.97. The highest BCUT2D eigenvalue weighted by Gasteiger charge is 2.38. The predicted molar refractivity (Wildman–Crippen MR) is 66.5 cm³/mol. The molecule has 0 amide bonds. The summed E-state index contributed by atoms with van der Waals surface area (Å²) < 4.78 is 0. The first-order valence-electron chi connectivity index (χ1n) is 6.19. The topological polar surface area (TPSA) is 17.1 Å². The standard InChI is InChI=1S/C15H20O/c1-10(2)13-6-4-12(5-7-13)9-15(16)14-8-11(14)3/h4-7,10-11,14H,8-9H2,1-3H3. The Bertz CT molecular complexity index is 375. The minimum Gasteiger partial charge on any atom is -0.299 e. The van der Waals surface area contributed by atoms with Gasteiger partial charge in [0, 0.05) is 12.3 Å². The van der Waals surface area contributed by atoms with Crippen LogP contribution in [-0.2, 0) is 11.2 Å². The number of carbonyl (C=O) groups is 1. The lowest BCUT2D eigenvalue weighted by molar-refractivity contribution is -0.119. The average molecular weight is 216 g/mol. The summed E-state index contributed by atoms with van der Waals surface area (Å²) in [6.45, 7) is 6.53. The monoisotopic (exact) mass is 216 g/mol. The van der Waals surface area contributed by atoms with Crippen LogP contribution < -0.4 is 0 Å². The van der Waals surface area contributed by atoms with E-state index in [1.54, 1.807) is 0 Å². The third kappa shape index (κ3) is 2.52. The maximum atomic E-state index is 11.8. The molecule has 1 saturated carbocycles. The summed E-state index contributed by atoms with van der Waals surface area (Å²) in [6.07, 6.45) is 1.72. The molecule has 1 aliphatic carbocycles. The van der Waals surface area contributed by atoms with Crippen LogP contribution in [0.4, 0.5) is 0 Å². The summed E-state index contributed by atoms with van der Waals surface area (Å²) in [6, 6.07) is 8.48. The summed E-state index contributed by atoms with van der Waals surface area (Å²) in [5.41, 5.74) is 2.50. The number of benzene rings is 1. The molecule has 0 saturated heterocycles. The first-order valence-corrected chi connectivity index (χ1v) is 6.19. The number of carbonyl (C=O) groups excluding carboxylic acids is 1. The minimum atomic E-state index is 0.352. The number of ketones is 1. The van der Waals surface area contributed by atoms with E-state index in [1.165, 1.54) is 5.56 Å². The van der Waals surface area contributed by atoms with Crippen LogP contribution in [0.5, 0.6) is 0 Å². The van der Waals surface area contributed by atoms with Crippen LogP contribution in [0.1, 0.15) is 44.2 Å². The van der Waals surface area contributed by atoms with E-state index in [4.69, 9.17) is 0 Å². The maximum Gasteiger partial charge on any atom is 0.140 e. The van der Waals surface area contributed by atoms with Gasteiger partial charge in [-0.2, -0.15) is 0 Å². The molecule has 0 heterocycles. The summed E-state index contributed by atoms with van der Waals surface area (Å²) in [4.78, 5) is 11.8. The molecule has 2 atom stereocenters. The van der Waals surface area contributed by atoms with Crippen LogP contribution in [0.25, 0.3) is 0 Å². The van der Waals surface area contributed by atoms with E-state index in [1.807, 2.05) is 0 Å². The van der Waals surface area contributed by atoms with E-state index in [9.17, 15) is 4.79 Å². The molecule has 16 heavy (non-hydrogen) atoms. The molecule has 86 valence electrons. The lowest BCUT2D eigenvalue weighted by atomic mass is 9.99. The van der Waals surface area contributed by atoms with Crippen molar-refractivity contribution in [2.45, 2.75) is 39.5 Å². The van der Waals surface area contributed by atoms with Crippen LogP contribution >= 0.6 is 0 Å². The Morgan fingerprint density at radius 2 is 1.88 bits per heavy atom. The number of Topliss-reactive ketones (excluding diaryl/α,β-unsaturated/α-hetero) is 1. The van der Waals surface area contributed by atoms with Crippen LogP contribution in [0, 0.1) is 11.8 Å². The van der Waals surface area contributed by atoms with Crippen molar-refractivity contribution in [2.24, 2.45) is 11.8 Å². The van der Waals surface area contributed by atoms with Gasteiger partial charge >= 0.3 is 0 Å².